The molecule has 1 saturated carbocycles. The predicted molar refractivity (Wildman–Crippen MR) is 69.1 cm³/mol. The van der Waals surface area contributed by atoms with Gasteiger partial charge in [0.15, 0.2) is 0 Å². The van der Waals surface area contributed by atoms with E-state index >= 15 is 0 Å². The molecule has 16 heavy (non-hydrogen) atoms. The Morgan fingerprint density at radius 3 is 2.69 bits per heavy atom. The summed E-state index contributed by atoms with van der Waals surface area (Å²) >= 11 is 0. The molecule has 0 aromatic carbocycles. The zero-order valence-corrected chi connectivity index (χ0v) is 10.4. The SMILES string of the molecule is CCCC1CCCC(Nn2cccc2)CC1. The Hall–Kier alpha value is -0.920. The molecule has 1 fully saturated rings. The molecule has 90 valence electrons. The van der Waals surface area contributed by atoms with E-state index in [1.54, 1.807) is 0 Å². The van der Waals surface area contributed by atoms with Gasteiger partial charge in [0.05, 0.1) is 0 Å². The molecule has 2 rings (SSSR count). The molecule has 1 N–H and O–H groups in total. The molecule has 0 spiro atoms. The number of hydrogen-bond acceptors (Lipinski definition) is 1. The van der Waals surface area contributed by atoms with Crippen LogP contribution in [0.1, 0.15) is 51.9 Å². The maximum absolute atomic E-state index is 3.58. The van der Waals surface area contributed by atoms with Crippen molar-refractivity contribution in [3.8, 4) is 0 Å². The maximum atomic E-state index is 3.58. The number of rotatable bonds is 4. The molecule has 2 atom stereocenters. The van der Waals surface area contributed by atoms with Crippen molar-refractivity contribution in [3.05, 3.63) is 24.5 Å². The largest absolute Gasteiger partial charge is 0.323 e. The van der Waals surface area contributed by atoms with Crippen molar-refractivity contribution in [2.24, 2.45) is 5.92 Å². The van der Waals surface area contributed by atoms with Crippen LogP contribution in [0, 0.1) is 5.92 Å². The van der Waals surface area contributed by atoms with E-state index in [0.717, 1.165) is 5.92 Å². The molecule has 0 bridgehead atoms. The lowest BCUT2D eigenvalue weighted by Gasteiger charge is -2.18. The van der Waals surface area contributed by atoms with Crippen molar-refractivity contribution >= 4 is 0 Å². The summed E-state index contributed by atoms with van der Waals surface area (Å²) in [7, 11) is 0. The van der Waals surface area contributed by atoms with Crippen LogP contribution < -0.4 is 5.43 Å². The molecule has 1 aliphatic carbocycles. The Balaban J connectivity index is 1.80. The zero-order valence-electron chi connectivity index (χ0n) is 10.4. The summed E-state index contributed by atoms with van der Waals surface area (Å²) in [5.74, 6) is 0.987. The average molecular weight is 220 g/mol. The average Bonchev–Trinajstić information content (AvgIpc) is 2.68. The molecule has 0 saturated heterocycles. The summed E-state index contributed by atoms with van der Waals surface area (Å²) in [4.78, 5) is 0. The van der Waals surface area contributed by atoms with Crippen LogP contribution in [-0.2, 0) is 0 Å². The molecule has 2 nitrogen and oxygen atoms in total. The third-order valence-corrected chi connectivity index (χ3v) is 3.72. The molecule has 1 aliphatic rings. The standard InChI is InChI=1S/C14H24N2/c1-2-6-13-7-5-8-14(10-9-13)15-16-11-3-4-12-16/h3-4,11-15H,2,5-10H2,1H3. The van der Waals surface area contributed by atoms with E-state index in [9.17, 15) is 0 Å². The molecule has 1 heterocycles. The first-order valence-electron chi connectivity index (χ1n) is 6.78. The van der Waals surface area contributed by atoms with Crippen LogP contribution in [-0.4, -0.2) is 10.7 Å². The molecule has 0 amide bonds. The summed E-state index contributed by atoms with van der Waals surface area (Å²) < 4.78 is 2.10. The summed E-state index contributed by atoms with van der Waals surface area (Å²) in [5.41, 5.74) is 3.58. The molecular formula is C14H24N2. The van der Waals surface area contributed by atoms with Crippen LogP contribution in [0.2, 0.25) is 0 Å². The second-order valence-corrected chi connectivity index (χ2v) is 5.08. The topological polar surface area (TPSA) is 17.0 Å². The molecule has 2 heteroatoms. The van der Waals surface area contributed by atoms with Gasteiger partial charge in [-0.05, 0) is 37.3 Å². The van der Waals surface area contributed by atoms with E-state index in [-0.39, 0.29) is 0 Å². The summed E-state index contributed by atoms with van der Waals surface area (Å²) in [6.45, 7) is 2.31. The fourth-order valence-corrected chi connectivity index (χ4v) is 2.84. The summed E-state index contributed by atoms with van der Waals surface area (Å²) in [5, 5.41) is 0. The fourth-order valence-electron chi connectivity index (χ4n) is 2.84. The second-order valence-electron chi connectivity index (χ2n) is 5.08. The lowest BCUT2D eigenvalue weighted by Crippen LogP contribution is -2.26. The lowest BCUT2D eigenvalue weighted by atomic mass is 9.95. The number of hydrogen-bond donors (Lipinski definition) is 1. The predicted octanol–water partition coefficient (Wildman–Crippen LogP) is 3.78. The highest BCUT2D eigenvalue weighted by molar-refractivity contribution is 4.95. The van der Waals surface area contributed by atoms with E-state index in [4.69, 9.17) is 0 Å². The zero-order chi connectivity index (χ0) is 11.2. The smallest absolute Gasteiger partial charge is 0.0424 e. The Bertz CT molecular complexity index is 279. The monoisotopic (exact) mass is 220 g/mol. The van der Waals surface area contributed by atoms with Crippen LogP contribution in [0.3, 0.4) is 0 Å². The highest BCUT2D eigenvalue weighted by Crippen LogP contribution is 2.26. The maximum Gasteiger partial charge on any atom is 0.0424 e. The van der Waals surface area contributed by atoms with Gasteiger partial charge in [-0.15, -0.1) is 0 Å². The highest BCUT2D eigenvalue weighted by Gasteiger charge is 2.17. The summed E-state index contributed by atoms with van der Waals surface area (Å²) in [6.07, 6.45) is 13.9. The molecule has 1 aromatic rings. The van der Waals surface area contributed by atoms with Crippen molar-refractivity contribution in [2.45, 2.75) is 57.9 Å². The summed E-state index contributed by atoms with van der Waals surface area (Å²) in [6, 6.07) is 4.82. The fraction of sp³-hybridized carbons (Fsp3) is 0.714. The van der Waals surface area contributed by atoms with Gasteiger partial charge in [-0.3, -0.25) is 4.68 Å². The molecule has 1 aromatic heterocycles. The molecule has 2 unspecified atom stereocenters. The second kappa shape index (κ2) is 5.97. The first-order valence-corrected chi connectivity index (χ1v) is 6.78. The van der Waals surface area contributed by atoms with E-state index in [2.05, 4.69) is 41.6 Å². The van der Waals surface area contributed by atoms with Crippen molar-refractivity contribution in [1.82, 2.24) is 4.68 Å². The number of aromatic nitrogens is 1. The lowest BCUT2D eigenvalue weighted by molar-refractivity contribution is 0.421. The minimum absolute atomic E-state index is 0.675. The van der Waals surface area contributed by atoms with Gasteiger partial charge in [0.2, 0.25) is 0 Å². The van der Waals surface area contributed by atoms with Gasteiger partial charge in [0.25, 0.3) is 0 Å². The first-order chi connectivity index (χ1) is 7.88. The van der Waals surface area contributed by atoms with Crippen LogP contribution in [0.5, 0.6) is 0 Å². The quantitative estimate of drug-likeness (QED) is 0.764. The van der Waals surface area contributed by atoms with Crippen molar-refractivity contribution in [1.29, 1.82) is 0 Å². The molecular weight excluding hydrogens is 196 g/mol. The number of nitrogens with one attached hydrogen (secondary N) is 1. The van der Waals surface area contributed by atoms with Crippen LogP contribution in [0.25, 0.3) is 0 Å². The van der Waals surface area contributed by atoms with Gasteiger partial charge in [-0.2, -0.15) is 0 Å². The van der Waals surface area contributed by atoms with Gasteiger partial charge in [-0.1, -0.05) is 32.6 Å². The van der Waals surface area contributed by atoms with E-state index < -0.39 is 0 Å². The van der Waals surface area contributed by atoms with Crippen molar-refractivity contribution in [3.63, 3.8) is 0 Å². The van der Waals surface area contributed by atoms with Gasteiger partial charge >= 0.3 is 0 Å². The van der Waals surface area contributed by atoms with Gasteiger partial charge in [0.1, 0.15) is 0 Å². The Morgan fingerprint density at radius 2 is 1.94 bits per heavy atom. The van der Waals surface area contributed by atoms with Gasteiger partial charge in [-0.25, -0.2) is 0 Å². The van der Waals surface area contributed by atoms with Crippen molar-refractivity contribution in [2.75, 3.05) is 5.43 Å². The minimum atomic E-state index is 0.675. The van der Waals surface area contributed by atoms with Crippen LogP contribution >= 0.6 is 0 Å². The molecule has 0 aliphatic heterocycles. The third kappa shape index (κ3) is 3.29. The van der Waals surface area contributed by atoms with E-state index in [0.29, 0.717) is 6.04 Å². The van der Waals surface area contributed by atoms with Gasteiger partial charge in [0, 0.05) is 18.4 Å². The van der Waals surface area contributed by atoms with Crippen LogP contribution in [0.4, 0.5) is 0 Å². The van der Waals surface area contributed by atoms with Crippen molar-refractivity contribution < 1.29 is 0 Å². The molecule has 0 radical (unpaired) electrons. The van der Waals surface area contributed by atoms with E-state index in [1.807, 2.05) is 0 Å². The van der Waals surface area contributed by atoms with Gasteiger partial charge < -0.3 is 5.43 Å². The van der Waals surface area contributed by atoms with Crippen LogP contribution in [0.15, 0.2) is 24.5 Å². The third-order valence-electron chi connectivity index (χ3n) is 3.72. The Morgan fingerprint density at radius 1 is 1.12 bits per heavy atom. The van der Waals surface area contributed by atoms with E-state index in [1.165, 1.54) is 44.9 Å². The highest BCUT2D eigenvalue weighted by atomic mass is 15.4. The Kier molecular flexibility index (Phi) is 4.32. The normalized spacial score (nSPS) is 26.3. The Labute approximate surface area is 99.0 Å². The first kappa shape index (κ1) is 11.6. The number of nitrogens with zero attached hydrogens (tertiary/aromatic N) is 1. The minimum Gasteiger partial charge on any atom is -0.323 e.